The Labute approximate surface area is 48.6 Å². The summed E-state index contributed by atoms with van der Waals surface area (Å²) in [6, 6.07) is 0. The number of hydrogen-bond acceptors (Lipinski definition) is 3. The van der Waals surface area contributed by atoms with Gasteiger partial charge in [0, 0.05) is 13.5 Å². The van der Waals surface area contributed by atoms with Gasteiger partial charge in [0.2, 0.25) is 0 Å². The molecule has 50 valence electrons. The Hall–Kier alpha value is -0.770. The normalized spacial score (nSPS) is 9.62. The van der Waals surface area contributed by atoms with E-state index < -0.39 is 0 Å². The maximum Gasteiger partial charge on any atom is 0.138 e. The number of nitrogens with two attached hydrogens (primary N) is 1. The van der Waals surface area contributed by atoms with E-state index in [4.69, 9.17) is 16.0 Å². The predicted molar refractivity (Wildman–Crippen MR) is 31.8 cm³/mol. The molecule has 0 saturated carbocycles. The predicted octanol–water partition coefficient (Wildman–Crippen LogP) is -0.249. The maximum atomic E-state index is 7.80. The van der Waals surface area contributed by atoms with Crippen molar-refractivity contribution in [3.63, 3.8) is 0 Å². The standard InChI is InChI=1S/C3H8N2O.CH4O/c1-2-3(4)5-6;1-2/h6H,2H2,1H3,(H2,4,5);2H,1H3. The van der Waals surface area contributed by atoms with Gasteiger partial charge in [-0.3, -0.25) is 0 Å². The summed E-state index contributed by atoms with van der Waals surface area (Å²) < 4.78 is 0. The number of aliphatic hydroxyl groups excluding tert-OH is 1. The monoisotopic (exact) mass is 120 g/mol. The molecule has 8 heavy (non-hydrogen) atoms. The zero-order valence-corrected chi connectivity index (χ0v) is 5.13. The van der Waals surface area contributed by atoms with E-state index in [0.29, 0.717) is 6.42 Å². The Kier molecular flexibility index (Phi) is 12.2. The van der Waals surface area contributed by atoms with Crippen molar-refractivity contribution in [2.45, 2.75) is 13.3 Å². The molecule has 0 aliphatic heterocycles. The first-order valence-electron chi connectivity index (χ1n) is 2.22. The fourth-order valence-corrected chi connectivity index (χ4v) is 0.0707. The van der Waals surface area contributed by atoms with E-state index in [1.54, 1.807) is 0 Å². The molecule has 0 rings (SSSR count). The quantitative estimate of drug-likeness (QED) is 0.193. The average Bonchev–Trinajstić information content (AvgIpc) is 1.91. The molecule has 4 N–H and O–H groups in total. The van der Waals surface area contributed by atoms with Crippen LogP contribution in [0.2, 0.25) is 0 Å². The van der Waals surface area contributed by atoms with Crippen molar-refractivity contribution < 1.29 is 10.3 Å². The average molecular weight is 120 g/mol. The van der Waals surface area contributed by atoms with Crippen molar-refractivity contribution in [3.05, 3.63) is 0 Å². The second-order valence-corrected chi connectivity index (χ2v) is 0.945. The van der Waals surface area contributed by atoms with E-state index in [2.05, 4.69) is 5.16 Å². The molecule has 0 saturated heterocycles. The first-order valence-corrected chi connectivity index (χ1v) is 2.22. The highest BCUT2D eigenvalue weighted by atomic mass is 16.4. The lowest BCUT2D eigenvalue weighted by Gasteiger charge is -1.82. The van der Waals surface area contributed by atoms with Crippen LogP contribution in [0.15, 0.2) is 5.16 Å². The van der Waals surface area contributed by atoms with Crippen molar-refractivity contribution in [1.29, 1.82) is 0 Å². The van der Waals surface area contributed by atoms with E-state index in [9.17, 15) is 0 Å². The lowest BCUT2D eigenvalue weighted by atomic mass is 10.5. The van der Waals surface area contributed by atoms with Gasteiger partial charge in [0.05, 0.1) is 0 Å². The van der Waals surface area contributed by atoms with Gasteiger partial charge in [-0.1, -0.05) is 12.1 Å². The summed E-state index contributed by atoms with van der Waals surface area (Å²) in [5, 5.41) is 17.5. The molecule has 4 heteroatoms. The second kappa shape index (κ2) is 9.52. The highest BCUT2D eigenvalue weighted by Crippen LogP contribution is 1.70. The number of hydrogen-bond donors (Lipinski definition) is 3. The SMILES string of the molecule is CC/C(N)=N/O.CO. The Morgan fingerprint density at radius 3 is 2.00 bits per heavy atom. The molecule has 0 radical (unpaired) electrons. The van der Waals surface area contributed by atoms with Crippen LogP contribution in [0.3, 0.4) is 0 Å². The van der Waals surface area contributed by atoms with Gasteiger partial charge in [-0.2, -0.15) is 0 Å². The molecule has 0 unspecified atom stereocenters. The summed E-state index contributed by atoms with van der Waals surface area (Å²) in [5.41, 5.74) is 4.97. The van der Waals surface area contributed by atoms with Gasteiger partial charge in [-0.15, -0.1) is 0 Å². The van der Waals surface area contributed by atoms with E-state index >= 15 is 0 Å². The largest absolute Gasteiger partial charge is 0.409 e. The van der Waals surface area contributed by atoms with Crippen LogP contribution in [0, 0.1) is 0 Å². The van der Waals surface area contributed by atoms with Gasteiger partial charge in [0.25, 0.3) is 0 Å². The minimum atomic E-state index is 0.273. The maximum absolute atomic E-state index is 7.80. The van der Waals surface area contributed by atoms with Crippen LogP contribution in [-0.4, -0.2) is 23.3 Å². The Bertz CT molecular complexity index is 63.1. The third-order valence-electron chi connectivity index (χ3n) is 0.491. The van der Waals surface area contributed by atoms with E-state index in [0.717, 1.165) is 7.11 Å². The molecule has 0 bridgehead atoms. The van der Waals surface area contributed by atoms with Crippen molar-refractivity contribution in [3.8, 4) is 0 Å². The van der Waals surface area contributed by atoms with Crippen molar-refractivity contribution in [2.24, 2.45) is 10.9 Å². The summed E-state index contributed by atoms with van der Waals surface area (Å²) >= 11 is 0. The minimum Gasteiger partial charge on any atom is -0.409 e. The first kappa shape index (κ1) is 10.3. The molecule has 0 fully saturated rings. The highest BCUT2D eigenvalue weighted by molar-refractivity contribution is 5.79. The molecule has 0 aromatic rings. The van der Waals surface area contributed by atoms with Crippen molar-refractivity contribution >= 4 is 5.84 Å². The van der Waals surface area contributed by atoms with Crippen LogP contribution < -0.4 is 5.73 Å². The molecule has 0 aromatic heterocycles. The summed E-state index contributed by atoms with van der Waals surface area (Å²) in [6.07, 6.45) is 0.608. The van der Waals surface area contributed by atoms with Crippen molar-refractivity contribution in [2.75, 3.05) is 7.11 Å². The van der Waals surface area contributed by atoms with Crippen molar-refractivity contribution in [1.82, 2.24) is 0 Å². The lowest BCUT2D eigenvalue weighted by molar-refractivity contribution is 0.317. The minimum absolute atomic E-state index is 0.273. The highest BCUT2D eigenvalue weighted by Gasteiger charge is 1.78. The molecular formula is C4H12N2O2. The van der Waals surface area contributed by atoms with Crippen LogP contribution in [0.1, 0.15) is 13.3 Å². The topological polar surface area (TPSA) is 78.8 Å². The second-order valence-electron chi connectivity index (χ2n) is 0.945. The lowest BCUT2D eigenvalue weighted by Crippen LogP contribution is -2.08. The summed E-state index contributed by atoms with van der Waals surface area (Å²) in [6.45, 7) is 1.81. The zero-order valence-electron chi connectivity index (χ0n) is 5.13. The molecule has 0 aliphatic carbocycles. The number of amidine groups is 1. The van der Waals surface area contributed by atoms with Gasteiger partial charge >= 0.3 is 0 Å². The molecule has 0 aliphatic rings. The molecule has 0 aromatic carbocycles. The van der Waals surface area contributed by atoms with Gasteiger partial charge in [-0.05, 0) is 0 Å². The number of nitrogens with zero attached hydrogens (tertiary/aromatic N) is 1. The van der Waals surface area contributed by atoms with Crippen LogP contribution in [0.25, 0.3) is 0 Å². The molecule has 0 amide bonds. The summed E-state index contributed by atoms with van der Waals surface area (Å²) in [5.74, 6) is 0.273. The van der Waals surface area contributed by atoms with Gasteiger partial charge < -0.3 is 16.0 Å². The fourth-order valence-electron chi connectivity index (χ4n) is 0.0707. The molecule has 0 heterocycles. The number of aliphatic hydroxyl groups is 1. The molecule has 0 atom stereocenters. The number of rotatable bonds is 1. The summed E-state index contributed by atoms with van der Waals surface area (Å²) in [7, 11) is 1.00. The van der Waals surface area contributed by atoms with E-state index in [-0.39, 0.29) is 5.84 Å². The zero-order chi connectivity index (χ0) is 6.99. The Morgan fingerprint density at radius 1 is 1.62 bits per heavy atom. The summed E-state index contributed by atoms with van der Waals surface area (Å²) in [4.78, 5) is 0. The van der Waals surface area contributed by atoms with Crippen LogP contribution in [0.4, 0.5) is 0 Å². The smallest absolute Gasteiger partial charge is 0.138 e. The van der Waals surface area contributed by atoms with Crippen LogP contribution >= 0.6 is 0 Å². The van der Waals surface area contributed by atoms with Crippen LogP contribution in [0.5, 0.6) is 0 Å². The third kappa shape index (κ3) is 8.97. The fraction of sp³-hybridized carbons (Fsp3) is 0.750. The van der Waals surface area contributed by atoms with Crippen LogP contribution in [-0.2, 0) is 0 Å². The Balaban J connectivity index is 0. The van der Waals surface area contributed by atoms with E-state index in [1.165, 1.54) is 0 Å². The molecule has 4 nitrogen and oxygen atoms in total. The van der Waals surface area contributed by atoms with Gasteiger partial charge in [0.15, 0.2) is 0 Å². The van der Waals surface area contributed by atoms with E-state index in [1.807, 2.05) is 6.92 Å². The van der Waals surface area contributed by atoms with Gasteiger partial charge in [-0.25, -0.2) is 0 Å². The number of oxime groups is 1. The molecule has 0 spiro atoms. The Morgan fingerprint density at radius 2 is 2.00 bits per heavy atom. The van der Waals surface area contributed by atoms with Gasteiger partial charge in [0.1, 0.15) is 5.84 Å². The first-order chi connectivity index (χ1) is 3.81. The third-order valence-corrected chi connectivity index (χ3v) is 0.491. The molecular weight excluding hydrogens is 108 g/mol.